The molecule has 1 amide bonds. The van der Waals surface area contributed by atoms with Crippen LogP contribution >= 0.6 is 0 Å². The highest BCUT2D eigenvalue weighted by molar-refractivity contribution is 5.95. The summed E-state index contributed by atoms with van der Waals surface area (Å²) in [5.41, 5.74) is 2.56. The number of hydrogen-bond acceptors (Lipinski definition) is 2. The van der Waals surface area contributed by atoms with Gasteiger partial charge in [0.15, 0.2) is 0 Å². The molecule has 2 aromatic rings. The molecule has 2 rings (SSSR count). The van der Waals surface area contributed by atoms with Crippen molar-refractivity contribution in [2.45, 2.75) is 13.3 Å². The minimum absolute atomic E-state index is 0.138. The molecule has 4 heteroatoms. The van der Waals surface area contributed by atoms with Crippen molar-refractivity contribution < 1.29 is 14.7 Å². The molecular formula is C17H17NO3. The molecule has 0 aliphatic heterocycles. The van der Waals surface area contributed by atoms with Crippen LogP contribution in [-0.2, 0) is 6.42 Å². The average Bonchev–Trinajstić information content (AvgIpc) is 2.48. The summed E-state index contributed by atoms with van der Waals surface area (Å²) in [7, 11) is 0. The van der Waals surface area contributed by atoms with Gasteiger partial charge in [0.05, 0.1) is 5.56 Å². The number of hydrogen-bond donors (Lipinski definition) is 2. The van der Waals surface area contributed by atoms with Gasteiger partial charge in [-0.25, -0.2) is 4.79 Å². The van der Waals surface area contributed by atoms with Crippen LogP contribution in [0.1, 0.15) is 31.8 Å². The smallest absolute Gasteiger partial charge is 0.335 e. The zero-order chi connectivity index (χ0) is 15.2. The molecule has 108 valence electrons. The Kier molecular flexibility index (Phi) is 4.72. The van der Waals surface area contributed by atoms with Gasteiger partial charge in [-0.05, 0) is 36.6 Å². The third-order valence-electron chi connectivity index (χ3n) is 3.32. The van der Waals surface area contributed by atoms with Gasteiger partial charge in [-0.2, -0.15) is 0 Å². The molecule has 0 heterocycles. The molecule has 0 aliphatic carbocycles. The van der Waals surface area contributed by atoms with Crippen LogP contribution in [-0.4, -0.2) is 23.5 Å². The fourth-order valence-electron chi connectivity index (χ4n) is 2.18. The lowest BCUT2D eigenvalue weighted by Gasteiger charge is -2.09. The van der Waals surface area contributed by atoms with Crippen molar-refractivity contribution in [1.82, 2.24) is 5.32 Å². The second-order valence-corrected chi connectivity index (χ2v) is 4.78. The fourth-order valence-corrected chi connectivity index (χ4v) is 2.18. The molecule has 0 aromatic heterocycles. The van der Waals surface area contributed by atoms with E-state index in [0.717, 1.165) is 11.1 Å². The SMILES string of the molecule is Cc1ccccc1C(=O)NCCc1ccccc1C(=O)O. The van der Waals surface area contributed by atoms with Crippen molar-refractivity contribution in [2.24, 2.45) is 0 Å². The van der Waals surface area contributed by atoms with Crippen LogP contribution in [0, 0.1) is 6.92 Å². The van der Waals surface area contributed by atoms with E-state index >= 15 is 0 Å². The first-order chi connectivity index (χ1) is 10.1. The Morgan fingerprint density at radius 3 is 2.29 bits per heavy atom. The van der Waals surface area contributed by atoms with E-state index in [1.54, 1.807) is 30.3 Å². The third-order valence-corrected chi connectivity index (χ3v) is 3.32. The molecule has 0 atom stereocenters. The van der Waals surface area contributed by atoms with E-state index in [1.807, 2.05) is 25.1 Å². The molecule has 2 aromatic carbocycles. The number of carboxylic acids is 1. The van der Waals surface area contributed by atoms with Crippen molar-refractivity contribution in [3.8, 4) is 0 Å². The third kappa shape index (κ3) is 3.69. The summed E-state index contributed by atoms with van der Waals surface area (Å²) in [5.74, 6) is -1.09. The van der Waals surface area contributed by atoms with Crippen LogP contribution in [0.4, 0.5) is 0 Å². The first kappa shape index (κ1) is 14.8. The van der Waals surface area contributed by atoms with Crippen molar-refractivity contribution in [2.75, 3.05) is 6.54 Å². The van der Waals surface area contributed by atoms with Gasteiger partial charge in [-0.1, -0.05) is 36.4 Å². The van der Waals surface area contributed by atoms with Gasteiger partial charge in [-0.15, -0.1) is 0 Å². The summed E-state index contributed by atoms with van der Waals surface area (Å²) >= 11 is 0. The highest BCUT2D eigenvalue weighted by Gasteiger charge is 2.10. The van der Waals surface area contributed by atoms with E-state index in [4.69, 9.17) is 5.11 Å². The van der Waals surface area contributed by atoms with Crippen molar-refractivity contribution in [3.05, 3.63) is 70.8 Å². The Morgan fingerprint density at radius 1 is 1.00 bits per heavy atom. The summed E-state index contributed by atoms with van der Waals surface area (Å²) in [6.07, 6.45) is 0.486. The number of rotatable bonds is 5. The Bertz CT molecular complexity index is 665. The maximum absolute atomic E-state index is 12.0. The Hall–Kier alpha value is -2.62. The van der Waals surface area contributed by atoms with E-state index in [1.165, 1.54) is 0 Å². The number of carbonyl (C=O) groups excluding carboxylic acids is 1. The monoisotopic (exact) mass is 283 g/mol. The zero-order valence-electron chi connectivity index (χ0n) is 11.8. The zero-order valence-corrected chi connectivity index (χ0v) is 11.8. The standard InChI is InChI=1S/C17H17NO3/c1-12-6-2-4-8-14(12)16(19)18-11-10-13-7-3-5-9-15(13)17(20)21/h2-9H,10-11H2,1H3,(H,18,19)(H,20,21). The highest BCUT2D eigenvalue weighted by Crippen LogP contribution is 2.10. The van der Waals surface area contributed by atoms with Crippen LogP contribution in [0.3, 0.4) is 0 Å². The van der Waals surface area contributed by atoms with Gasteiger partial charge >= 0.3 is 5.97 Å². The molecule has 0 fully saturated rings. The quantitative estimate of drug-likeness (QED) is 0.886. The number of carbonyl (C=O) groups is 2. The predicted molar refractivity (Wildman–Crippen MR) is 80.6 cm³/mol. The van der Waals surface area contributed by atoms with Crippen molar-refractivity contribution in [1.29, 1.82) is 0 Å². The van der Waals surface area contributed by atoms with Gasteiger partial charge in [0, 0.05) is 12.1 Å². The Morgan fingerprint density at radius 2 is 1.62 bits per heavy atom. The summed E-state index contributed by atoms with van der Waals surface area (Å²) in [4.78, 5) is 23.1. The van der Waals surface area contributed by atoms with Gasteiger partial charge in [0.25, 0.3) is 5.91 Å². The maximum atomic E-state index is 12.0. The molecule has 0 unspecified atom stereocenters. The van der Waals surface area contributed by atoms with Gasteiger partial charge in [0.1, 0.15) is 0 Å². The number of nitrogens with one attached hydrogen (secondary N) is 1. The molecule has 21 heavy (non-hydrogen) atoms. The van der Waals surface area contributed by atoms with E-state index in [9.17, 15) is 9.59 Å². The molecular weight excluding hydrogens is 266 g/mol. The van der Waals surface area contributed by atoms with E-state index in [-0.39, 0.29) is 11.5 Å². The summed E-state index contributed by atoms with van der Waals surface area (Å²) in [6.45, 7) is 2.28. The van der Waals surface area contributed by atoms with Crippen LogP contribution in [0.25, 0.3) is 0 Å². The molecule has 0 spiro atoms. The largest absolute Gasteiger partial charge is 0.478 e. The molecule has 0 saturated carbocycles. The fraction of sp³-hybridized carbons (Fsp3) is 0.176. The second-order valence-electron chi connectivity index (χ2n) is 4.78. The van der Waals surface area contributed by atoms with Gasteiger partial charge in [0.2, 0.25) is 0 Å². The second kappa shape index (κ2) is 6.70. The molecule has 0 radical (unpaired) electrons. The predicted octanol–water partition coefficient (Wildman–Crippen LogP) is 2.67. The number of aryl methyl sites for hydroxylation is 1. The lowest BCUT2D eigenvalue weighted by Crippen LogP contribution is -2.26. The van der Waals surface area contributed by atoms with Crippen LogP contribution in [0.5, 0.6) is 0 Å². The van der Waals surface area contributed by atoms with Crippen LogP contribution < -0.4 is 5.32 Å². The average molecular weight is 283 g/mol. The van der Waals surface area contributed by atoms with E-state index in [0.29, 0.717) is 18.5 Å². The molecule has 4 nitrogen and oxygen atoms in total. The minimum atomic E-state index is -0.948. The molecule has 0 saturated heterocycles. The van der Waals surface area contributed by atoms with Gasteiger partial charge in [-0.3, -0.25) is 4.79 Å². The van der Waals surface area contributed by atoms with Crippen LogP contribution in [0.15, 0.2) is 48.5 Å². The van der Waals surface area contributed by atoms with Crippen LogP contribution in [0.2, 0.25) is 0 Å². The normalized spacial score (nSPS) is 10.1. The van der Waals surface area contributed by atoms with Gasteiger partial charge < -0.3 is 10.4 Å². The summed E-state index contributed by atoms with van der Waals surface area (Å²) in [6, 6.07) is 14.2. The van der Waals surface area contributed by atoms with Crippen molar-refractivity contribution >= 4 is 11.9 Å². The number of benzene rings is 2. The summed E-state index contributed by atoms with van der Waals surface area (Å²) < 4.78 is 0. The minimum Gasteiger partial charge on any atom is -0.478 e. The number of carboxylic acid groups (broad SMARTS) is 1. The Labute approximate surface area is 123 Å². The maximum Gasteiger partial charge on any atom is 0.335 e. The summed E-state index contributed by atoms with van der Waals surface area (Å²) in [5, 5.41) is 11.9. The first-order valence-electron chi connectivity index (χ1n) is 6.74. The lowest BCUT2D eigenvalue weighted by atomic mass is 10.0. The first-order valence-corrected chi connectivity index (χ1v) is 6.74. The van der Waals surface area contributed by atoms with E-state index < -0.39 is 5.97 Å². The number of aromatic carboxylic acids is 1. The molecule has 2 N–H and O–H groups in total. The van der Waals surface area contributed by atoms with Crippen molar-refractivity contribution in [3.63, 3.8) is 0 Å². The van der Waals surface area contributed by atoms with E-state index in [2.05, 4.69) is 5.32 Å². The molecule has 0 aliphatic rings. The lowest BCUT2D eigenvalue weighted by molar-refractivity contribution is 0.0695. The highest BCUT2D eigenvalue weighted by atomic mass is 16.4. The Balaban J connectivity index is 1.98. The number of amides is 1. The topological polar surface area (TPSA) is 66.4 Å². The molecule has 0 bridgehead atoms.